The van der Waals surface area contributed by atoms with Crippen LogP contribution in [-0.2, 0) is 0 Å². The molecule has 0 radical (unpaired) electrons. The monoisotopic (exact) mass is 267 g/mol. The lowest BCUT2D eigenvalue weighted by Crippen LogP contribution is -2.10. The van der Waals surface area contributed by atoms with E-state index < -0.39 is 6.10 Å². The summed E-state index contributed by atoms with van der Waals surface area (Å²) in [4.78, 5) is 8.49. The number of nitrogens with zero attached hydrogens (tertiary/aromatic N) is 3. The van der Waals surface area contributed by atoms with Crippen LogP contribution in [0.4, 0.5) is 0 Å². The lowest BCUT2D eigenvalue weighted by Gasteiger charge is -2.18. The van der Waals surface area contributed by atoms with Gasteiger partial charge in [-0.05, 0) is 31.5 Å². The predicted molar refractivity (Wildman–Crippen MR) is 78.4 cm³/mol. The molecule has 2 heterocycles. The molecule has 0 bridgehead atoms. The Hall–Kier alpha value is -2.20. The first-order valence-corrected chi connectivity index (χ1v) is 6.72. The van der Waals surface area contributed by atoms with Crippen molar-refractivity contribution in [2.75, 3.05) is 0 Å². The third-order valence-corrected chi connectivity index (χ3v) is 3.51. The number of hydrogen-bond acceptors (Lipinski definition) is 3. The van der Waals surface area contributed by atoms with Crippen molar-refractivity contribution >= 4 is 10.9 Å². The minimum absolute atomic E-state index is 0.259. The normalized spacial score (nSPS) is 13.0. The number of fused-ring (bicyclic) bond motifs is 1. The topological polar surface area (TPSA) is 50.9 Å². The van der Waals surface area contributed by atoms with Crippen LogP contribution in [0.2, 0.25) is 0 Å². The van der Waals surface area contributed by atoms with E-state index in [0.29, 0.717) is 0 Å². The fraction of sp³-hybridized carbons (Fsp3) is 0.250. The highest BCUT2D eigenvalue weighted by molar-refractivity contribution is 5.82. The maximum absolute atomic E-state index is 10.7. The van der Waals surface area contributed by atoms with Gasteiger partial charge < -0.3 is 9.67 Å². The quantitative estimate of drug-likeness (QED) is 0.793. The van der Waals surface area contributed by atoms with Gasteiger partial charge in [-0.3, -0.25) is 4.98 Å². The summed E-state index contributed by atoms with van der Waals surface area (Å²) in [6.07, 6.45) is 4.54. The third kappa shape index (κ3) is 2.08. The second-order valence-electron chi connectivity index (χ2n) is 5.14. The van der Waals surface area contributed by atoms with Crippen LogP contribution < -0.4 is 0 Å². The summed E-state index contributed by atoms with van der Waals surface area (Å²) in [7, 11) is 0. The van der Waals surface area contributed by atoms with Crippen molar-refractivity contribution in [2.24, 2.45) is 0 Å². The number of aromatic nitrogens is 3. The van der Waals surface area contributed by atoms with Crippen molar-refractivity contribution in [3.8, 4) is 0 Å². The van der Waals surface area contributed by atoms with E-state index in [1.165, 1.54) is 0 Å². The summed E-state index contributed by atoms with van der Waals surface area (Å²) < 4.78 is 1.99. The zero-order valence-corrected chi connectivity index (χ0v) is 11.6. The minimum atomic E-state index is -0.701. The molecule has 0 aliphatic rings. The predicted octanol–water partition coefficient (Wildman–Crippen LogP) is 3.09. The molecular formula is C16H17N3O. The molecule has 0 saturated heterocycles. The minimum Gasteiger partial charge on any atom is -0.382 e. The molecule has 102 valence electrons. The van der Waals surface area contributed by atoms with Crippen molar-refractivity contribution in [1.29, 1.82) is 0 Å². The fourth-order valence-corrected chi connectivity index (χ4v) is 2.48. The van der Waals surface area contributed by atoms with Crippen molar-refractivity contribution in [2.45, 2.75) is 26.0 Å². The summed E-state index contributed by atoms with van der Waals surface area (Å²) in [6, 6.07) is 9.94. The molecule has 1 N–H and O–H groups in total. The van der Waals surface area contributed by atoms with E-state index in [1.807, 2.05) is 34.9 Å². The van der Waals surface area contributed by atoms with Crippen molar-refractivity contribution in [3.05, 3.63) is 60.3 Å². The molecular weight excluding hydrogens is 250 g/mol. The molecule has 0 fully saturated rings. The Balaban J connectivity index is 2.13. The van der Waals surface area contributed by atoms with Gasteiger partial charge in [0.05, 0.1) is 23.7 Å². The summed E-state index contributed by atoms with van der Waals surface area (Å²) in [5.74, 6) is 0. The smallest absolute Gasteiger partial charge is 0.121 e. The maximum atomic E-state index is 10.7. The van der Waals surface area contributed by atoms with Gasteiger partial charge in [0.2, 0.25) is 0 Å². The largest absolute Gasteiger partial charge is 0.382 e. The molecule has 1 unspecified atom stereocenters. The highest BCUT2D eigenvalue weighted by Gasteiger charge is 2.18. The number of aliphatic hydroxyl groups excluding tert-OH is 1. The van der Waals surface area contributed by atoms with Gasteiger partial charge in [-0.15, -0.1) is 0 Å². The molecule has 0 aliphatic carbocycles. The zero-order chi connectivity index (χ0) is 14.1. The summed E-state index contributed by atoms with van der Waals surface area (Å²) >= 11 is 0. The molecule has 4 heteroatoms. The van der Waals surface area contributed by atoms with Crippen molar-refractivity contribution < 1.29 is 5.11 Å². The first kappa shape index (κ1) is 12.8. The number of benzene rings is 1. The SMILES string of the molecule is CC(C)n1cncc1C(O)c1cccc2ncccc12. The van der Waals surface area contributed by atoms with Gasteiger partial charge in [0.25, 0.3) is 0 Å². The average molecular weight is 267 g/mol. The third-order valence-electron chi connectivity index (χ3n) is 3.51. The van der Waals surface area contributed by atoms with Crippen molar-refractivity contribution in [3.63, 3.8) is 0 Å². The van der Waals surface area contributed by atoms with E-state index in [9.17, 15) is 5.11 Å². The lowest BCUT2D eigenvalue weighted by atomic mass is 10.0. The van der Waals surface area contributed by atoms with Crippen LogP contribution in [0.3, 0.4) is 0 Å². The molecule has 0 amide bonds. The Kier molecular flexibility index (Phi) is 3.24. The Bertz CT molecular complexity index is 728. The molecule has 2 aromatic heterocycles. The summed E-state index contributed by atoms with van der Waals surface area (Å²) in [6.45, 7) is 4.14. The number of rotatable bonds is 3. The summed E-state index contributed by atoms with van der Waals surface area (Å²) in [5, 5.41) is 11.7. The van der Waals surface area contributed by atoms with E-state index in [0.717, 1.165) is 22.2 Å². The molecule has 3 rings (SSSR count). The second kappa shape index (κ2) is 5.06. The fourth-order valence-electron chi connectivity index (χ4n) is 2.48. The zero-order valence-electron chi connectivity index (χ0n) is 11.6. The molecule has 1 aromatic carbocycles. The van der Waals surface area contributed by atoms with Gasteiger partial charge in [0.1, 0.15) is 6.10 Å². The van der Waals surface area contributed by atoms with E-state index >= 15 is 0 Å². The number of imidazole rings is 1. The standard InChI is InChI=1S/C16H17N3O/c1-11(2)19-10-17-9-15(19)16(20)13-5-3-7-14-12(13)6-4-8-18-14/h3-11,16,20H,1-2H3. The van der Waals surface area contributed by atoms with Crippen LogP contribution in [0.5, 0.6) is 0 Å². The van der Waals surface area contributed by atoms with Gasteiger partial charge in [-0.1, -0.05) is 18.2 Å². The Morgan fingerprint density at radius 3 is 2.80 bits per heavy atom. The van der Waals surface area contributed by atoms with E-state index in [4.69, 9.17) is 0 Å². The van der Waals surface area contributed by atoms with Gasteiger partial charge in [-0.25, -0.2) is 4.98 Å². The van der Waals surface area contributed by atoms with E-state index in [1.54, 1.807) is 18.7 Å². The van der Waals surface area contributed by atoms with Crippen LogP contribution in [0.25, 0.3) is 10.9 Å². The molecule has 3 aromatic rings. The maximum Gasteiger partial charge on any atom is 0.121 e. The van der Waals surface area contributed by atoms with Crippen LogP contribution in [0.1, 0.15) is 37.3 Å². The first-order chi connectivity index (χ1) is 9.68. The number of aliphatic hydroxyl groups is 1. The highest BCUT2D eigenvalue weighted by Crippen LogP contribution is 2.29. The Morgan fingerprint density at radius 2 is 2.00 bits per heavy atom. The van der Waals surface area contributed by atoms with E-state index in [2.05, 4.69) is 23.8 Å². The van der Waals surface area contributed by atoms with Gasteiger partial charge in [0, 0.05) is 17.6 Å². The Morgan fingerprint density at radius 1 is 1.15 bits per heavy atom. The number of pyridine rings is 1. The van der Waals surface area contributed by atoms with Gasteiger partial charge in [-0.2, -0.15) is 0 Å². The van der Waals surface area contributed by atoms with Crippen LogP contribution in [0.15, 0.2) is 49.1 Å². The van der Waals surface area contributed by atoms with Gasteiger partial charge in [0.15, 0.2) is 0 Å². The highest BCUT2D eigenvalue weighted by atomic mass is 16.3. The molecule has 1 atom stereocenters. The van der Waals surface area contributed by atoms with Crippen LogP contribution in [-0.4, -0.2) is 19.6 Å². The number of hydrogen-bond donors (Lipinski definition) is 1. The van der Waals surface area contributed by atoms with Gasteiger partial charge >= 0.3 is 0 Å². The van der Waals surface area contributed by atoms with E-state index in [-0.39, 0.29) is 6.04 Å². The van der Waals surface area contributed by atoms with Crippen LogP contribution >= 0.6 is 0 Å². The molecule has 0 saturated carbocycles. The molecule has 0 spiro atoms. The second-order valence-corrected chi connectivity index (χ2v) is 5.14. The molecule has 4 nitrogen and oxygen atoms in total. The van der Waals surface area contributed by atoms with Crippen molar-refractivity contribution in [1.82, 2.24) is 14.5 Å². The summed E-state index contributed by atoms with van der Waals surface area (Å²) in [5.41, 5.74) is 2.55. The first-order valence-electron chi connectivity index (χ1n) is 6.72. The lowest BCUT2D eigenvalue weighted by molar-refractivity contribution is 0.209. The molecule has 20 heavy (non-hydrogen) atoms. The molecule has 0 aliphatic heterocycles. The van der Waals surface area contributed by atoms with Crippen LogP contribution in [0, 0.1) is 0 Å². The Labute approximate surface area is 117 Å². The average Bonchev–Trinajstić information content (AvgIpc) is 2.95.